The Morgan fingerprint density at radius 1 is 1.52 bits per heavy atom. The normalized spacial score (nSPS) is 19.7. The fourth-order valence-electron chi connectivity index (χ4n) is 2.61. The van der Waals surface area contributed by atoms with Gasteiger partial charge in [-0.05, 0) is 64.0 Å². The lowest BCUT2D eigenvalue weighted by molar-refractivity contribution is 0.0522. The Hall–Kier alpha value is -1.07. The first-order chi connectivity index (χ1) is 9.85. The van der Waals surface area contributed by atoms with Gasteiger partial charge in [0.05, 0.1) is 0 Å². The number of amides is 1. The molecular formula is C16H26N2O2S. The topological polar surface area (TPSA) is 50.4 Å². The molecule has 1 aliphatic carbocycles. The molecule has 2 unspecified atom stereocenters. The molecule has 1 amide bonds. The molecule has 5 heteroatoms. The summed E-state index contributed by atoms with van der Waals surface area (Å²) < 4.78 is 5.25. The van der Waals surface area contributed by atoms with Crippen LogP contribution in [0.5, 0.6) is 0 Å². The summed E-state index contributed by atoms with van der Waals surface area (Å²) in [5.74, 6) is 0. The van der Waals surface area contributed by atoms with Gasteiger partial charge in [0.2, 0.25) is 0 Å². The Morgan fingerprint density at radius 3 is 3.00 bits per heavy atom. The van der Waals surface area contributed by atoms with Crippen molar-refractivity contribution in [2.24, 2.45) is 0 Å². The zero-order valence-electron chi connectivity index (χ0n) is 13.4. The minimum Gasteiger partial charge on any atom is -0.444 e. The quantitative estimate of drug-likeness (QED) is 0.893. The number of rotatable bonds is 4. The molecule has 0 radical (unpaired) electrons. The van der Waals surface area contributed by atoms with Crippen LogP contribution in [0, 0.1) is 0 Å². The van der Waals surface area contributed by atoms with Crippen molar-refractivity contribution in [3.63, 3.8) is 0 Å². The van der Waals surface area contributed by atoms with Crippen LogP contribution in [0.4, 0.5) is 4.79 Å². The number of fused-ring (bicyclic) bond motifs is 1. The molecule has 0 bridgehead atoms. The lowest BCUT2D eigenvalue weighted by Gasteiger charge is -2.27. The first kappa shape index (κ1) is 16.3. The first-order valence-electron chi connectivity index (χ1n) is 7.64. The van der Waals surface area contributed by atoms with E-state index in [2.05, 4.69) is 29.0 Å². The van der Waals surface area contributed by atoms with E-state index < -0.39 is 5.60 Å². The lowest BCUT2D eigenvalue weighted by Crippen LogP contribution is -2.42. The second kappa shape index (κ2) is 6.79. The van der Waals surface area contributed by atoms with Gasteiger partial charge in [-0.15, -0.1) is 11.3 Å². The molecule has 2 rings (SSSR count). The molecule has 2 N–H and O–H groups in total. The molecule has 0 aromatic carbocycles. The van der Waals surface area contributed by atoms with Crippen LogP contribution < -0.4 is 10.6 Å². The molecule has 0 saturated heterocycles. The highest BCUT2D eigenvalue weighted by atomic mass is 32.1. The summed E-state index contributed by atoms with van der Waals surface area (Å²) in [7, 11) is 0. The fourth-order valence-corrected chi connectivity index (χ4v) is 3.60. The van der Waals surface area contributed by atoms with E-state index in [1.807, 2.05) is 32.1 Å². The van der Waals surface area contributed by atoms with Crippen molar-refractivity contribution in [1.29, 1.82) is 0 Å². The van der Waals surface area contributed by atoms with Crippen LogP contribution in [-0.2, 0) is 11.2 Å². The molecule has 21 heavy (non-hydrogen) atoms. The highest BCUT2D eigenvalue weighted by molar-refractivity contribution is 7.10. The highest BCUT2D eigenvalue weighted by Crippen LogP contribution is 2.33. The van der Waals surface area contributed by atoms with Gasteiger partial charge in [-0.3, -0.25) is 0 Å². The van der Waals surface area contributed by atoms with Gasteiger partial charge in [-0.1, -0.05) is 0 Å². The van der Waals surface area contributed by atoms with Gasteiger partial charge < -0.3 is 15.4 Å². The van der Waals surface area contributed by atoms with Crippen LogP contribution in [0.2, 0.25) is 0 Å². The van der Waals surface area contributed by atoms with Crippen LogP contribution in [0.1, 0.15) is 57.0 Å². The Morgan fingerprint density at radius 2 is 2.29 bits per heavy atom. The third-order valence-corrected chi connectivity index (χ3v) is 4.49. The fraction of sp³-hybridized carbons (Fsp3) is 0.688. The summed E-state index contributed by atoms with van der Waals surface area (Å²) in [5.41, 5.74) is 0.991. The summed E-state index contributed by atoms with van der Waals surface area (Å²) >= 11 is 1.85. The summed E-state index contributed by atoms with van der Waals surface area (Å²) in [5, 5.41) is 8.62. The molecule has 4 nitrogen and oxygen atoms in total. The molecule has 1 aliphatic rings. The largest absolute Gasteiger partial charge is 0.444 e. The monoisotopic (exact) mass is 310 g/mol. The molecule has 0 saturated carbocycles. The van der Waals surface area contributed by atoms with Gasteiger partial charge in [-0.25, -0.2) is 4.79 Å². The zero-order chi connectivity index (χ0) is 15.5. The number of thiophene rings is 1. The van der Waals surface area contributed by atoms with Crippen LogP contribution in [0.25, 0.3) is 0 Å². The van der Waals surface area contributed by atoms with E-state index in [0.29, 0.717) is 12.6 Å². The standard InChI is InChI=1S/C16H26N2O2S/c1-11(10-17-15(19)20-16(2,3)4)18-13-6-5-7-14-12(13)8-9-21-14/h8-9,11,13,18H,5-7,10H2,1-4H3,(H,17,19). The second-order valence-electron chi connectivity index (χ2n) is 6.69. The SMILES string of the molecule is CC(CNC(=O)OC(C)(C)C)NC1CCCc2sccc21. The Kier molecular flexibility index (Phi) is 5.27. The first-order valence-corrected chi connectivity index (χ1v) is 8.52. The van der Waals surface area contributed by atoms with E-state index >= 15 is 0 Å². The van der Waals surface area contributed by atoms with Gasteiger partial charge >= 0.3 is 6.09 Å². The number of ether oxygens (including phenoxy) is 1. The predicted octanol–water partition coefficient (Wildman–Crippen LogP) is 3.63. The van der Waals surface area contributed by atoms with E-state index in [1.54, 1.807) is 0 Å². The number of hydrogen-bond acceptors (Lipinski definition) is 4. The zero-order valence-corrected chi connectivity index (χ0v) is 14.2. The summed E-state index contributed by atoms with van der Waals surface area (Å²) in [4.78, 5) is 13.2. The molecule has 1 aromatic heterocycles. The summed E-state index contributed by atoms with van der Waals surface area (Å²) in [6, 6.07) is 2.86. The van der Waals surface area contributed by atoms with E-state index in [0.717, 1.165) is 0 Å². The molecule has 1 aromatic rings. The van der Waals surface area contributed by atoms with Crippen molar-refractivity contribution in [3.8, 4) is 0 Å². The molecule has 118 valence electrons. The maximum atomic E-state index is 11.7. The van der Waals surface area contributed by atoms with Crippen LogP contribution >= 0.6 is 11.3 Å². The Balaban J connectivity index is 1.78. The summed E-state index contributed by atoms with van der Waals surface area (Å²) in [6.07, 6.45) is 3.25. The van der Waals surface area contributed by atoms with Crippen LogP contribution in [0.15, 0.2) is 11.4 Å². The summed E-state index contributed by atoms with van der Waals surface area (Å²) in [6.45, 7) is 8.28. The van der Waals surface area contributed by atoms with Crippen molar-refractivity contribution >= 4 is 17.4 Å². The Labute approximate surface area is 131 Å². The van der Waals surface area contributed by atoms with Crippen molar-refractivity contribution in [1.82, 2.24) is 10.6 Å². The van der Waals surface area contributed by atoms with Crippen molar-refractivity contribution in [3.05, 3.63) is 21.9 Å². The van der Waals surface area contributed by atoms with Crippen molar-refractivity contribution in [2.45, 2.75) is 64.6 Å². The average molecular weight is 310 g/mol. The minimum atomic E-state index is -0.449. The maximum absolute atomic E-state index is 11.7. The highest BCUT2D eigenvalue weighted by Gasteiger charge is 2.23. The van der Waals surface area contributed by atoms with E-state index in [9.17, 15) is 4.79 Å². The predicted molar refractivity (Wildman–Crippen MR) is 86.8 cm³/mol. The van der Waals surface area contributed by atoms with Gasteiger partial charge in [0.25, 0.3) is 0 Å². The molecule has 0 fully saturated rings. The average Bonchev–Trinajstić information content (AvgIpc) is 2.84. The van der Waals surface area contributed by atoms with Crippen LogP contribution in [0.3, 0.4) is 0 Å². The molecular weight excluding hydrogens is 284 g/mol. The van der Waals surface area contributed by atoms with E-state index in [4.69, 9.17) is 4.74 Å². The van der Waals surface area contributed by atoms with Gasteiger partial charge in [0.15, 0.2) is 0 Å². The third kappa shape index (κ3) is 5.00. The van der Waals surface area contributed by atoms with Gasteiger partial charge in [0.1, 0.15) is 5.60 Å². The van der Waals surface area contributed by atoms with E-state index in [-0.39, 0.29) is 12.1 Å². The Bertz CT molecular complexity index is 479. The number of aryl methyl sites for hydroxylation is 1. The van der Waals surface area contributed by atoms with Crippen molar-refractivity contribution in [2.75, 3.05) is 6.54 Å². The van der Waals surface area contributed by atoms with E-state index in [1.165, 1.54) is 29.7 Å². The van der Waals surface area contributed by atoms with Crippen molar-refractivity contribution < 1.29 is 9.53 Å². The number of hydrogen-bond donors (Lipinski definition) is 2. The second-order valence-corrected chi connectivity index (χ2v) is 7.70. The number of alkyl carbamates (subject to hydrolysis) is 1. The smallest absolute Gasteiger partial charge is 0.407 e. The third-order valence-electron chi connectivity index (χ3n) is 3.49. The number of nitrogens with one attached hydrogen (secondary N) is 2. The minimum absolute atomic E-state index is 0.216. The number of carbonyl (C=O) groups excluding carboxylic acids is 1. The van der Waals surface area contributed by atoms with Gasteiger partial charge in [-0.2, -0.15) is 0 Å². The molecule has 0 spiro atoms. The molecule has 1 heterocycles. The lowest BCUT2D eigenvalue weighted by atomic mass is 9.93. The van der Waals surface area contributed by atoms with Crippen LogP contribution in [-0.4, -0.2) is 24.3 Å². The van der Waals surface area contributed by atoms with Gasteiger partial charge in [0, 0.05) is 23.5 Å². The molecule has 2 atom stereocenters. The maximum Gasteiger partial charge on any atom is 0.407 e. The number of carbonyl (C=O) groups is 1. The molecule has 0 aliphatic heterocycles.